The lowest BCUT2D eigenvalue weighted by Crippen LogP contribution is -2.15. The summed E-state index contributed by atoms with van der Waals surface area (Å²) in [6.45, 7) is 2.64. The van der Waals surface area contributed by atoms with Gasteiger partial charge in [0.1, 0.15) is 10.7 Å². The van der Waals surface area contributed by atoms with E-state index < -0.39 is 0 Å². The van der Waals surface area contributed by atoms with Crippen LogP contribution in [0.15, 0.2) is 60.8 Å². The van der Waals surface area contributed by atoms with E-state index in [1.165, 1.54) is 16.9 Å². The van der Waals surface area contributed by atoms with Gasteiger partial charge in [-0.25, -0.2) is 4.68 Å². The quantitative estimate of drug-likeness (QED) is 0.517. The average Bonchev–Trinajstić information content (AvgIpc) is 3.22. The third kappa shape index (κ3) is 3.23. The molecule has 0 radical (unpaired) electrons. The van der Waals surface area contributed by atoms with Gasteiger partial charge in [0.05, 0.1) is 17.8 Å². The van der Waals surface area contributed by atoms with Crippen LogP contribution in [0.2, 0.25) is 5.02 Å². The van der Waals surface area contributed by atoms with E-state index in [1.807, 2.05) is 24.3 Å². The highest BCUT2D eigenvalue weighted by atomic mass is 35.5. The molecule has 0 saturated heterocycles. The number of benzene rings is 2. The molecule has 4 nitrogen and oxygen atoms in total. The van der Waals surface area contributed by atoms with Gasteiger partial charge < -0.3 is 5.32 Å². The second kappa shape index (κ2) is 6.94. The van der Waals surface area contributed by atoms with Gasteiger partial charge in [-0.3, -0.25) is 4.79 Å². The summed E-state index contributed by atoms with van der Waals surface area (Å²) < 4.78 is 2.76. The molecular formula is C20H16ClN3OS. The lowest BCUT2D eigenvalue weighted by molar-refractivity contribution is 0.102. The molecule has 0 bridgehead atoms. The normalized spacial score (nSPS) is 11.0. The largest absolute Gasteiger partial charge is 0.306 e. The third-order valence-electron chi connectivity index (χ3n) is 4.15. The summed E-state index contributed by atoms with van der Waals surface area (Å²) in [5.74, 6) is 0.422. The van der Waals surface area contributed by atoms with Crippen molar-refractivity contribution >= 4 is 44.7 Å². The summed E-state index contributed by atoms with van der Waals surface area (Å²) in [5, 5.41) is 8.64. The number of nitrogens with one attached hydrogen (secondary N) is 1. The molecule has 0 aliphatic carbocycles. The molecular weight excluding hydrogens is 366 g/mol. The second-order valence-corrected chi connectivity index (χ2v) is 7.49. The van der Waals surface area contributed by atoms with Crippen LogP contribution < -0.4 is 5.32 Å². The lowest BCUT2D eigenvalue weighted by atomic mass is 10.1. The van der Waals surface area contributed by atoms with E-state index in [0.29, 0.717) is 22.3 Å². The highest BCUT2D eigenvalue weighted by Gasteiger charge is 2.18. The molecule has 2 aromatic carbocycles. The van der Waals surface area contributed by atoms with Gasteiger partial charge in [0.15, 0.2) is 0 Å². The Morgan fingerprint density at radius 2 is 1.92 bits per heavy atom. The SMILES string of the molecule is Cc1ccc(Cn2nccc2NC(=O)c2sc3ccccc3c2Cl)cc1. The zero-order valence-electron chi connectivity index (χ0n) is 14.1. The fraction of sp³-hybridized carbons (Fsp3) is 0.100. The molecule has 130 valence electrons. The molecule has 26 heavy (non-hydrogen) atoms. The predicted molar refractivity (Wildman–Crippen MR) is 107 cm³/mol. The smallest absolute Gasteiger partial charge is 0.268 e. The molecule has 0 fully saturated rings. The number of hydrogen-bond donors (Lipinski definition) is 1. The van der Waals surface area contributed by atoms with Crippen LogP contribution in [0.25, 0.3) is 10.1 Å². The third-order valence-corrected chi connectivity index (χ3v) is 5.83. The number of carbonyl (C=O) groups excluding carboxylic acids is 1. The molecule has 1 amide bonds. The maximum atomic E-state index is 12.7. The Morgan fingerprint density at radius 1 is 1.15 bits per heavy atom. The number of aryl methyl sites for hydroxylation is 1. The van der Waals surface area contributed by atoms with Crippen LogP contribution in [0.3, 0.4) is 0 Å². The maximum Gasteiger partial charge on any atom is 0.268 e. The number of nitrogens with zero attached hydrogens (tertiary/aromatic N) is 2. The number of amides is 1. The topological polar surface area (TPSA) is 46.9 Å². The van der Waals surface area contributed by atoms with E-state index in [4.69, 9.17) is 11.6 Å². The zero-order chi connectivity index (χ0) is 18.1. The van der Waals surface area contributed by atoms with Crippen molar-refractivity contribution in [1.82, 2.24) is 9.78 Å². The highest BCUT2D eigenvalue weighted by Crippen LogP contribution is 2.35. The van der Waals surface area contributed by atoms with Crippen molar-refractivity contribution < 1.29 is 4.79 Å². The predicted octanol–water partition coefficient (Wildman–Crippen LogP) is 5.36. The minimum Gasteiger partial charge on any atom is -0.306 e. The molecule has 0 aliphatic rings. The van der Waals surface area contributed by atoms with Gasteiger partial charge in [-0.2, -0.15) is 5.10 Å². The van der Waals surface area contributed by atoms with Gasteiger partial charge in [0.2, 0.25) is 0 Å². The van der Waals surface area contributed by atoms with Crippen molar-refractivity contribution in [3.05, 3.63) is 81.8 Å². The van der Waals surface area contributed by atoms with Crippen LogP contribution in [0.4, 0.5) is 5.82 Å². The Bertz CT molecular complexity index is 1080. The summed E-state index contributed by atoms with van der Waals surface area (Å²) in [6.07, 6.45) is 1.68. The van der Waals surface area contributed by atoms with Crippen molar-refractivity contribution in [2.24, 2.45) is 0 Å². The number of thiophene rings is 1. The number of rotatable bonds is 4. The molecule has 2 heterocycles. The van der Waals surface area contributed by atoms with Gasteiger partial charge in [-0.05, 0) is 18.6 Å². The Morgan fingerprint density at radius 3 is 2.69 bits per heavy atom. The van der Waals surface area contributed by atoms with Gasteiger partial charge in [-0.15, -0.1) is 11.3 Å². The molecule has 4 aromatic rings. The first-order valence-corrected chi connectivity index (χ1v) is 9.37. The van der Waals surface area contributed by atoms with Crippen molar-refractivity contribution in [2.45, 2.75) is 13.5 Å². The summed E-state index contributed by atoms with van der Waals surface area (Å²) in [7, 11) is 0. The first kappa shape index (κ1) is 16.8. The van der Waals surface area contributed by atoms with Gasteiger partial charge in [0, 0.05) is 16.2 Å². The number of hydrogen-bond acceptors (Lipinski definition) is 3. The van der Waals surface area contributed by atoms with Gasteiger partial charge in [-0.1, -0.05) is 59.6 Å². The summed E-state index contributed by atoms with van der Waals surface area (Å²) in [5.41, 5.74) is 2.33. The van der Waals surface area contributed by atoms with Crippen molar-refractivity contribution in [1.29, 1.82) is 0 Å². The highest BCUT2D eigenvalue weighted by molar-refractivity contribution is 7.21. The lowest BCUT2D eigenvalue weighted by Gasteiger charge is -2.09. The first-order valence-electron chi connectivity index (χ1n) is 8.17. The number of aromatic nitrogens is 2. The first-order chi connectivity index (χ1) is 12.6. The Hall–Kier alpha value is -2.63. The van der Waals surface area contributed by atoms with Crippen molar-refractivity contribution in [3.63, 3.8) is 0 Å². The van der Waals surface area contributed by atoms with E-state index in [0.717, 1.165) is 15.6 Å². The van der Waals surface area contributed by atoms with E-state index in [2.05, 4.69) is 41.6 Å². The minimum atomic E-state index is -0.221. The average molecular weight is 382 g/mol. The van der Waals surface area contributed by atoms with Gasteiger partial charge >= 0.3 is 0 Å². The molecule has 0 aliphatic heterocycles. The molecule has 4 rings (SSSR count). The van der Waals surface area contributed by atoms with E-state index in [-0.39, 0.29) is 5.91 Å². The summed E-state index contributed by atoms with van der Waals surface area (Å²) in [6, 6.07) is 17.8. The standard InChI is InChI=1S/C20H16ClN3OS/c1-13-6-8-14(9-7-13)12-24-17(10-11-22-24)23-20(25)19-18(21)15-4-2-3-5-16(15)26-19/h2-11H,12H2,1H3,(H,23,25). The van der Waals surface area contributed by atoms with Crippen LogP contribution in [0, 0.1) is 6.92 Å². The maximum absolute atomic E-state index is 12.7. The fourth-order valence-corrected chi connectivity index (χ4v) is 4.18. The number of fused-ring (bicyclic) bond motifs is 1. The zero-order valence-corrected chi connectivity index (χ0v) is 15.6. The van der Waals surface area contributed by atoms with E-state index in [1.54, 1.807) is 16.9 Å². The Balaban J connectivity index is 1.57. The summed E-state index contributed by atoms with van der Waals surface area (Å²) in [4.78, 5) is 13.2. The van der Waals surface area contributed by atoms with Crippen LogP contribution in [0.1, 0.15) is 20.8 Å². The van der Waals surface area contributed by atoms with E-state index in [9.17, 15) is 4.79 Å². The minimum absolute atomic E-state index is 0.221. The Kier molecular flexibility index (Phi) is 4.49. The molecule has 0 unspecified atom stereocenters. The number of carbonyl (C=O) groups is 1. The summed E-state index contributed by atoms with van der Waals surface area (Å²) >= 11 is 7.80. The monoisotopic (exact) mass is 381 g/mol. The van der Waals surface area contributed by atoms with E-state index >= 15 is 0 Å². The van der Waals surface area contributed by atoms with Crippen molar-refractivity contribution in [3.8, 4) is 0 Å². The van der Waals surface area contributed by atoms with Crippen LogP contribution in [-0.4, -0.2) is 15.7 Å². The molecule has 2 aromatic heterocycles. The van der Waals surface area contributed by atoms with Crippen LogP contribution in [-0.2, 0) is 6.54 Å². The molecule has 0 spiro atoms. The molecule has 0 atom stereocenters. The number of halogens is 1. The van der Waals surface area contributed by atoms with Gasteiger partial charge in [0.25, 0.3) is 5.91 Å². The molecule has 6 heteroatoms. The van der Waals surface area contributed by atoms with Crippen molar-refractivity contribution in [2.75, 3.05) is 5.32 Å². The molecule has 0 saturated carbocycles. The number of anilines is 1. The molecule has 1 N–H and O–H groups in total. The van der Waals surface area contributed by atoms with Crippen LogP contribution >= 0.6 is 22.9 Å². The fourth-order valence-electron chi connectivity index (χ4n) is 2.76. The Labute approximate surface area is 160 Å². The second-order valence-electron chi connectivity index (χ2n) is 6.06. The van der Waals surface area contributed by atoms with Crippen LogP contribution in [0.5, 0.6) is 0 Å².